The van der Waals surface area contributed by atoms with Crippen LogP contribution in [0.4, 0.5) is 4.79 Å². The molecule has 1 aromatic carbocycles. The number of sulfonamides is 1. The fourth-order valence-electron chi connectivity index (χ4n) is 3.92. The highest BCUT2D eigenvalue weighted by Crippen LogP contribution is 2.30. The molecule has 9 nitrogen and oxygen atoms in total. The first-order valence-electron chi connectivity index (χ1n) is 10.3. The fraction of sp³-hybridized carbons (Fsp3) is 0.500. The molecule has 0 bridgehead atoms. The highest BCUT2D eigenvalue weighted by atomic mass is 35.5. The summed E-state index contributed by atoms with van der Waals surface area (Å²) in [4.78, 5) is 27.0. The minimum absolute atomic E-state index is 0.0439. The number of halogens is 2. The molecular formula is C20H27Cl2N5O4S. The summed E-state index contributed by atoms with van der Waals surface area (Å²) in [7, 11) is -4.14. The first-order chi connectivity index (χ1) is 15.1. The van der Waals surface area contributed by atoms with Gasteiger partial charge in [-0.05, 0) is 43.9 Å². The van der Waals surface area contributed by atoms with Crippen LogP contribution in [0.2, 0.25) is 10.0 Å². The second-order valence-electron chi connectivity index (χ2n) is 7.85. The summed E-state index contributed by atoms with van der Waals surface area (Å²) in [5, 5.41) is 5.80. The van der Waals surface area contributed by atoms with Crippen LogP contribution in [-0.2, 0) is 14.8 Å². The van der Waals surface area contributed by atoms with Gasteiger partial charge in [-0.3, -0.25) is 9.69 Å². The van der Waals surface area contributed by atoms with E-state index in [2.05, 4.69) is 17.2 Å². The SMILES string of the molecule is C=CCNC(=O)N1CCN(S(=O)(=O)c2ccc(Cl)c(Cl)c2)C1C(=O)NC1CCC(N)CC1. The molecule has 1 aliphatic heterocycles. The second kappa shape index (κ2) is 10.4. The Kier molecular flexibility index (Phi) is 8.05. The first kappa shape index (κ1) is 24.8. The second-order valence-corrected chi connectivity index (χ2v) is 10.6. The average Bonchev–Trinajstić information content (AvgIpc) is 3.22. The molecule has 1 saturated carbocycles. The number of hydrogen-bond acceptors (Lipinski definition) is 5. The van der Waals surface area contributed by atoms with Crippen LogP contribution in [0.25, 0.3) is 0 Å². The van der Waals surface area contributed by atoms with Crippen LogP contribution in [0, 0.1) is 0 Å². The third-order valence-corrected chi connectivity index (χ3v) is 8.23. The number of benzene rings is 1. The van der Waals surface area contributed by atoms with Crippen molar-refractivity contribution in [3.05, 3.63) is 40.9 Å². The molecule has 1 saturated heterocycles. The van der Waals surface area contributed by atoms with Gasteiger partial charge in [0.1, 0.15) is 0 Å². The van der Waals surface area contributed by atoms with Crippen LogP contribution in [0.3, 0.4) is 0 Å². The minimum atomic E-state index is -4.14. The summed E-state index contributed by atoms with van der Waals surface area (Å²) < 4.78 is 27.8. The van der Waals surface area contributed by atoms with E-state index in [1.165, 1.54) is 29.2 Å². The number of nitrogens with two attached hydrogens (primary N) is 1. The topological polar surface area (TPSA) is 125 Å². The summed E-state index contributed by atoms with van der Waals surface area (Å²) >= 11 is 11.9. The van der Waals surface area contributed by atoms with Crippen molar-refractivity contribution >= 4 is 45.2 Å². The van der Waals surface area contributed by atoms with Crippen molar-refractivity contribution in [2.45, 2.75) is 48.8 Å². The molecule has 0 spiro atoms. The van der Waals surface area contributed by atoms with E-state index >= 15 is 0 Å². The lowest BCUT2D eigenvalue weighted by Gasteiger charge is -2.32. The number of rotatable bonds is 6. The molecule has 0 radical (unpaired) electrons. The Morgan fingerprint density at radius 3 is 2.47 bits per heavy atom. The maximum atomic E-state index is 13.4. The maximum absolute atomic E-state index is 13.4. The molecule has 1 atom stereocenters. The van der Waals surface area contributed by atoms with E-state index in [-0.39, 0.29) is 46.7 Å². The molecule has 1 unspecified atom stereocenters. The molecule has 4 N–H and O–H groups in total. The van der Waals surface area contributed by atoms with E-state index in [0.29, 0.717) is 12.8 Å². The number of nitrogens with one attached hydrogen (secondary N) is 2. The normalized spacial score (nSPS) is 24.2. The molecule has 176 valence electrons. The van der Waals surface area contributed by atoms with E-state index < -0.39 is 28.1 Å². The zero-order valence-electron chi connectivity index (χ0n) is 17.5. The Bertz CT molecular complexity index is 982. The van der Waals surface area contributed by atoms with Crippen LogP contribution >= 0.6 is 23.2 Å². The zero-order valence-corrected chi connectivity index (χ0v) is 19.8. The molecule has 1 aliphatic carbocycles. The van der Waals surface area contributed by atoms with Crippen molar-refractivity contribution in [3.63, 3.8) is 0 Å². The third kappa shape index (κ3) is 5.37. The highest BCUT2D eigenvalue weighted by molar-refractivity contribution is 7.89. The van der Waals surface area contributed by atoms with E-state index in [1.54, 1.807) is 0 Å². The van der Waals surface area contributed by atoms with Crippen molar-refractivity contribution < 1.29 is 18.0 Å². The summed E-state index contributed by atoms with van der Waals surface area (Å²) in [5.74, 6) is -0.555. The largest absolute Gasteiger partial charge is 0.350 e. The Labute approximate surface area is 197 Å². The lowest BCUT2D eigenvalue weighted by Crippen LogP contribution is -2.57. The number of nitrogens with zero attached hydrogens (tertiary/aromatic N) is 2. The number of hydrogen-bond donors (Lipinski definition) is 3. The average molecular weight is 504 g/mol. The maximum Gasteiger partial charge on any atom is 0.319 e. The van der Waals surface area contributed by atoms with Gasteiger partial charge in [-0.1, -0.05) is 29.3 Å². The summed E-state index contributed by atoms with van der Waals surface area (Å²) in [6.45, 7) is 3.75. The van der Waals surface area contributed by atoms with Crippen molar-refractivity contribution in [3.8, 4) is 0 Å². The third-order valence-electron chi connectivity index (χ3n) is 5.64. The molecule has 0 aromatic heterocycles. The Morgan fingerprint density at radius 1 is 1.16 bits per heavy atom. The predicted molar refractivity (Wildman–Crippen MR) is 123 cm³/mol. The van der Waals surface area contributed by atoms with Gasteiger partial charge < -0.3 is 16.4 Å². The number of carbonyl (C=O) groups is 2. The number of carbonyl (C=O) groups excluding carboxylic acids is 2. The van der Waals surface area contributed by atoms with Crippen molar-refractivity contribution in [2.24, 2.45) is 5.73 Å². The van der Waals surface area contributed by atoms with Crippen LogP contribution < -0.4 is 16.4 Å². The van der Waals surface area contributed by atoms with Crippen molar-refractivity contribution in [1.29, 1.82) is 0 Å². The molecule has 1 aromatic rings. The molecule has 3 rings (SSSR count). The van der Waals surface area contributed by atoms with E-state index in [9.17, 15) is 18.0 Å². The van der Waals surface area contributed by atoms with Crippen LogP contribution in [0.15, 0.2) is 35.7 Å². The summed E-state index contributed by atoms with van der Waals surface area (Å²) in [5.41, 5.74) is 5.93. The van der Waals surface area contributed by atoms with Gasteiger partial charge in [0.2, 0.25) is 10.0 Å². The molecule has 12 heteroatoms. The van der Waals surface area contributed by atoms with E-state index in [1.807, 2.05) is 0 Å². The van der Waals surface area contributed by atoms with Crippen LogP contribution in [0.1, 0.15) is 25.7 Å². The zero-order chi connectivity index (χ0) is 23.5. The smallest absolute Gasteiger partial charge is 0.319 e. The summed E-state index contributed by atoms with van der Waals surface area (Å²) in [6, 6.07) is 3.35. The van der Waals surface area contributed by atoms with Gasteiger partial charge in [0.15, 0.2) is 6.17 Å². The van der Waals surface area contributed by atoms with Gasteiger partial charge in [0, 0.05) is 31.7 Å². The lowest BCUT2D eigenvalue weighted by molar-refractivity contribution is -0.128. The molecule has 2 aliphatic rings. The van der Waals surface area contributed by atoms with Crippen LogP contribution in [0.5, 0.6) is 0 Å². The Morgan fingerprint density at radius 2 is 1.84 bits per heavy atom. The summed E-state index contributed by atoms with van der Waals surface area (Å²) in [6.07, 6.45) is 3.09. The molecule has 1 heterocycles. The Balaban J connectivity index is 1.89. The van der Waals surface area contributed by atoms with Crippen LogP contribution in [-0.4, -0.2) is 67.4 Å². The Hall–Kier alpha value is -1.85. The van der Waals surface area contributed by atoms with Gasteiger partial charge in [0.25, 0.3) is 5.91 Å². The quantitative estimate of drug-likeness (QED) is 0.511. The van der Waals surface area contributed by atoms with Crippen molar-refractivity contribution in [1.82, 2.24) is 19.8 Å². The standard InChI is InChI=1S/C20H27Cl2N5O4S/c1-2-9-24-20(29)26-10-11-27(32(30,31)15-7-8-16(21)17(22)12-15)19(26)18(28)25-14-5-3-13(23)4-6-14/h2,7-8,12-14,19H,1,3-6,9-11,23H2,(H,24,29)(H,25,28). The molecular weight excluding hydrogens is 477 g/mol. The van der Waals surface area contributed by atoms with E-state index in [0.717, 1.165) is 17.1 Å². The van der Waals surface area contributed by atoms with Gasteiger partial charge in [-0.15, -0.1) is 6.58 Å². The first-order valence-corrected chi connectivity index (χ1v) is 12.5. The molecule has 3 amide bonds. The fourth-order valence-corrected chi connectivity index (χ4v) is 5.85. The monoisotopic (exact) mass is 503 g/mol. The van der Waals surface area contributed by atoms with Gasteiger partial charge >= 0.3 is 6.03 Å². The highest BCUT2D eigenvalue weighted by Gasteiger charge is 2.47. The number of amides is 3. The van der Waals surface area contributed by atoms with Crippen molar-refractivity contribution in [2.75, 3.05) is 19.6 Å². The predicted octanol–water partition coefficient (Wildman–Crippen LogP) is 1.91. The van der Waals surface area contributed by atoms with Gasteiger partial charge in [0.05, 0.1) is 14.9 Å². The minimum Gasteiger partial charge on any atom is -0.350 e. The van der Waals surface area contributed by atoms with Gasteiger partial charge in [-0.2, -0.15) is 4.31 Å². The van der Waals surface area contributed by atoms with E-state index in [4.69, 9.17) is 28.9 Å². The number of urea groups is 1. The molecule has 2 fully saturated rings. The lowest BCUT2D eigenvalue weighted by atomic mass is 9.92. The molecule has 32 heavy (non-hydrogen) atoms. The van der Waals surface area contributed by atoms with Gasteiger partial charge in [-0.25, -0.2) is 13.2 Å².